The van der Waals surface area contributed by atoms with E-state index in [1.807, 2.05) is 25.1 Å². The lowest BCUT2D eigenvalue weighted by Crippen LogP contribution is -2.39. The SMILES string of the molecule is CC(O)C(C)C1OC(CCO)c2cc(CO)ccc2C1C. The van der Waals surface area contributed by atoms with Gasteiger partial charge in [-0.05, 0) is 23.6 Å². The van der Waals surface area contributed by atoms with Gasteiger partial charge >= 0.3 is 0 Å². The molecule has 1 aliphatic heterocycles. The number of rotatable bonds is 5. The van der Waals surface area contributed by atoms with Crippen molar-refractivity contribution in [3.8, 4) is 0 Å². The van der Waals surface area contributed by atoms with Crippen molar-refractivity contribution in [3.05, 3.63) is 34.9 Å². The Hall–Kier alpha value is -0.940. The molecule has 5 unspecified atom stereocenters. The van der Waals surface area contributed by atoms with E-state index in [0.717, 1.165) is 11.1 Å². The molecular formula is C17H26O4. The van der Waals surface area contributed by atoms with E-state index in [4.69, 9.17) is 4.74 Å². The molecular weight excluding hydrogens is 268 g/mol. The molecule has 4 nitrogen and oxygen atoms in total. The van der Waals surface area contributed by atoms with Gasteiger partial charge in [-0.15, -0.1) is 0 Å². The van der Waals surface area contributed by atoms with Gasteiger partial charge < -0.3 is 20.1 Å². The summed E-state index contributed by atoms with van der Waals surface area (Å²) in [6.07, 6.45) is -0.170. The van der Waals surface area contributed by atoms with E-state index >= 15 is 0 Å². The van der Waals surface area contributed by atoms with Crippen LogP contribution in [0.1, 0.15) is 55.9 Å². The summed E-state index contributed by atoms with van der Waals surface area (Å²) in [5, 5.41) is 28.5. The van der Waals surface area contributed by atoms with E-state index < -0.39 is 6.10 Å². The molecule has 0 bridgehead atoms. The van der Waals surface area contributed by atoms with Crippen LogP contribution in [0.5, 0.6) is 0 Å². The Bertz CT molecular complexity index is 472. The highest BCUT2D eigenvalue weighted by atomic mass is 16.5. The fourth-order valence-electron chi connectivity index (χ4n) is 3.17. The van der Waals surface area contributed by atoms with Gasteiger partial charge in [-0.25, -0.2) is 0 Å². The molecule has 1 aromatic carbocycles. The molecule has 0 fully saturated rings. The van der Waals surface area contributed by atoms with Crippen molar-refractivity contribution in [1.82, 2.24) is 0 Å². The van der Waals surface area contributed by atoms with Gasteiger partial charge in [-0.2, -0.15) is 0 Å². The third-order valence-corrected chi connectivity index (χ3v) is 4.66. The molecule has 118 valence electrons. The van der Waals surface area contributed by atoms with E-state index in [9.17, 15) is 15.3 Å². The van der Waals surface area contributed by atoms with Crippen LogP contribution in [0.3, 0.4) is 0 Å². The number of fused-ring (bicyclic) bond motifs is 1. The van der Waals surface area contributed by atoms with E-state index in [1.54, 1.807) is 6.92 Å². The first-order chi connectivity index (χ1) is 9.99. The molecule has 0 radical (unpaired) electrons. The molecule has 1 aromatic rings. The first-order valence-corrected chi connectivity index (χ1v) is 7.67. The summed E-state index contributed by atoms with van der Waals surface area (Å²) in [6.45, 7) is 5.94. The Morgan fingerprint density at radius 2 is 1.90 bits per heavy atom. The third-order valence-electron chi connectivity index (χ3n) is 4.66. The van der Waals surface area contributed by atoms with Gasteiger partial charge in [0.2, 0.25) is 0 Å². The van der Waals surface area contributed by atoms with Crippen molar-refractivity contribution in [2.75, 3.05) is 6.61 Å². The van der Waals surface area contributed by atoms with Crippen LogP contribution in [0, 0.1) is 5.92 Å². The zero-order chi connectivity index (χ0) is 15.6. The predicted octanol–water partition coefficient (Wildman–Crippen LogP) is 2.12. The zero-order valence-electron chi connectivity index (χ0n) is 13.0. The molecule has 21 heavy (non-hydrogen) atoms. The van der Waals surface area contributed by atoms with E-state index in [0.29, 0.717) is 6.42 Å². The van der Waals surface area contributed by atoms with E-state index in [-0.39, 0.29) is 37.3 Å². The smallest absolute Gasteiger partial charge is 0.0853 e. The lowest BCUT2D eigenvalue weighted by atomic mass is 9.79. The van der Waals surface area contributed by atoms with Crippen LogP contribution in [0.4, 0.5) is 0 Å². The minimum atomic E-state index is -0.439. The van der Waals surface area contributed by atoms with Crippen LogP contribution < -0.4 is 0 Å². The molecule has 0 amide bonds. The van der Waals surface area contributed by atoms with Crippen LogP contribution in [-0.4, -0.2) is 34.1 Å². The van der Waals surface area contributed by atoms with Crippen molar-refractivity contribution in [2.45, 2.75) is 58.0 Å². The van der Waals surface area contributed by atoms with Crippen molar-refractivity contribution < 1.29 is 20.1 Å². The molecule has 4 heteroatoms. The largest absolute Gasteiger partial charge is 0.396 e. The van der Waals surface area contributed by atoms with Crippen LogP contribution >= 0.6 is 0 Å². The standard InChI is InChI=1S/C17H26O4/c1-10(12(3)20)17-11(2)14-5-4-13(9-19)8-15(14)16(21-17)6-7-18/h4-5,8,10-12,16-20H,6-7,9H2,1-3H3. The Labute approximate surface area is 126 Å². The summed E-state index contributed by atoms with van der Waals surface area (Å²) in [6, 6.07) is 5.94. The molecule has 0 aromatic heterocycles. The van der Waals surface area contributed by atoms with Crippen LogP contribution in [0.25, 0.3) is 0 Å². The second-order valence-corrected chi connectivity index (χ2v) is 6.11. The van der Waals surface area contributed by atoms with Gasteiger partial charge in [0.15, 0.2) is 0 Å². The minimum absolute atomic E-state index is 0.00100. The summed E-state index contributed by atoms with van der Waals surface area (Å²) in [4.78, 5) is 0. The first kappa shape index (κ1) is 16.4. The third kappa shape index (κ3) is 3.29. The molecule has 1 aliphatic rings. The molecule has 0 spiro atoms. The average Bonchev–Trinajstić information content (AvgIpc) is 2.48. The molecule has 5 atom stereocenters. The lowest BCUT2D eigenvalue weighted by Gasteiger charge is -2.41. The zero-order valence-corrected chi connectivity index (χ0v) is 13.0. The Kier molecular flexibility index (Phi) is 5.38. The Morgan fingerprint density at radius 1 is 1.19 bits per heavy atom. The molecule has 3 N–H and O–H groups in total. The number of ether oxygens (including phenoxy) is 1. The van der Waals surface area contributed by atoms with Crippen LogP contribution in [0.15, 0.2) is 18.2 Å². The highest BCUT2D eigenvalue weighted by Crippen LogP contribution is 2.42. The van der Waals surface area contributed by atoms with E-state index in [1.165, 1.54) is 5.56 Å². The summed E-state index contributed by atoms with van der Waals surface area (Å²) in [7, 11) is 0. The van der Waals surface area contributed by atoms with Crippen molar-refractivity contribution >= 4 is 0 Å². The van der Waals surface area contributed by atoms with Gasteiger partial charge in [0.05, 0.1) is 24.9 Å². The lowest BCUT2D eigenvalue weighted by molar-refractivity contribution is -0.0948. The molecule has 0 saturated carbocycles. The maximum absolute atomic E-state index is 9.87. The van der Waals surface area contributed by atoms with Gasteiger partial charge in [-0.1, -0.05) is 32.0 Å². The maximum atomic E-state index is 9.87. The quantitative estimate of drug-likeness (QED) is 0.778. The fourth-order valence-corrected chi connectivity index (χ4v) is 3.17. The minimum Gasteiger partial charge on any atom is -0.396 e. The fraction of sp³-hybridized carbons (Fsp3) is 0.647. The average molecular weight is 294 g/mol. The second-order valence-electron chi connectivity index (χ2n) is 6.11. The Morgan fingerprint density at radius 3 is 2.48 bits per heavy atom. The number of aliphatic hydroxyl groups is 3. The normalized spacial score (nSPS) is 28.0. The molecule has 0 aliphatic carbocycles. The number of hydrogen-bond acceptors (Lipinski definition) is 4. The number of hydrogen-bond donors (Lipinski definition) is 3. The number of aliphatic hydroxyl groups excluding tert-OH is 3. The highest BCUT2D eigenvalue weighted by molar-refractivity contribution is 5.38. The summed E-state index contributed by atoms with van der Waals surface area (Å²) in [5.41, 5.74) is 3.10. The number of benzene rings is 1. The van der Waals surface area contributed by atoms with Gasteiger partial charge in [-0.3, -0.25) is 0 Å². The van der Waals surface area contributed by atoms with Crippen molar-refractivity contribution in [3.63, 3.8) is 0 Å². The van der Waals surface area contributed by atoms with Crippen molar-refractivity contribution in [2.24, 2.45) is 5.92 Å². The maximum Gasteiger partial charge on any atom is 0.0853 e. The van der Waals surface area contributed by atoms with Crippen LogP contribution in [0.2, 0.25) is 0 Å². The second kappa shape index (κ2) is 6.88. The van der Waals surface area contributed by atoms with E-state index in [2.05, 4.69) is 6.92 Å². The summed E-state index contributed by atoms with van der Waals surface area (Å²) in [5.74, 6) is 0.194. The summed E-state index contributed by atoms with van der Waals surface area (Å²) < 4.78 is 6.19. The van der Waals surface area contributed by atoms with Crippen molar-refractivity contribution in [1.29, 1.82) is 0 Å². The predicted molar refractivity (Wildman–Crippen MR) is 80.9 cm³/mol. The molecule has 0 saturated heterocycles. The molecule has 2 rings (SSSR count). The van der Waals surface area contributed by atoms with Gasteiger partial charge in [0, 0.05) is 24.9 Å². The highest BCUT2D eigenvalue weighted by Gasteiger charge is 2.37. The van der Waals surface area contributed by atoms with Gasteiger partial charge in [0.1, 0.15) is 0 Å². The summed E-state index contributed by atoms with van der Waals surface area (Å²) >= 11 is 0. The van der Waals surface area contributed by atoms with Gasteiger partial charge in [0.25, 0.3) is 0 Å². The monoisotopic (exact) mass is 294 g/mol. The van der Waals surface area contributed by atoms with Crippen LogP contribution in [-0.2, 0) is 11.3 Å². The topological polar surface area (TPSA) is 69.9 Å². The Balaban J connectivity index is 2.39. The first-order valence-electron chi connectivity index (χ1n) is 7.67. The molecule has 1 heterocycles.